The minimum atomic E-state index is -0.202. The monoisotopic (exact) mass is 381 g/mol. The van der Waals surface area contributed by atoms with E-state index < -0.39 is 0 Å². The average molecular weight is 382 g/mol. The Hall–Kier alpha value is -2.47. The third-order valence-corrected chi connectivity index (χ3v) is 6.46. The number of fused-ring (bicyclic) bond motifs is 3. The van der Waals surface area contributed by atoms with E-state index in [1.807, 2.05) is 25.1 Å². The van der Waals surface area contributed by atoms with Gasteiger partial charge in [0.25, 0.3) is 5.56 Å². The van der Waals surface area contributed by atoms with E-state index in [1.54, 1.807) is 11.3 Å². The number of nitrogens with zero attached hydrogens (tertiary/aromatic N) is 2. The maximum absolute atomic E-state index is 13.0. The number of aromatic nitrogens is 2. The number of anilines is 1. The Morgan fingerprint density at radius 2 is 2.11 bits per heavy atom. The first kappa shape index (κ1) is 17.9. The molecular formula is C21H23N3O2S. The van der Waals surface area contributed by atoms with Crippen LogP contribution in [0, 0.1) is 6.92 Å². The Balaban J connectivity index is 1.63. The Morgan fingerprint density at radius 1 is 1.30 bits per heavy atom. The van der Waals surface area contributed by atoms with Crippen LogP contribution in [0.3, 0.4) is 0 Å². The molecular weight excluding hydrogens is 358 g/mol. The number of hydrogen-bond donors (Lipinski definition) is 1. The van der Waals surface area contributed by atoms with Gasteiger partial charge in [-0.15, -0.1) is 11.3 Å². The second-order valence-corrected chi connectivity index (χ2v) is 8.16. The Kier molecular flexibility index (Phi) is 4.83. The van der Waals surface area contributed by atoms with Crippen LogP contribution in [-0.2, 0) is 30.6 Å². The molecule has 1 aromatic carbocycles. The molecule has 4 rings (SSSR count). The molecule has 5 nitrogen and oxygen atoms in total. The molecule has 27 heavy (non-hydrogen) atoms. The molecule has 0 bridgehead atoms. The predicted molar refractivity (Wildman–Crippen MR) is 110 cm³/mol. The zero-order valence-electron chi connectivity index (χ0n) is 15.7. The van der Waals surface area contributed by atoms with Gasteiger partial charge in [-0.05, 0) is 55.7 Å². The Bertz CT molecular complexity index is 1080. The van der Waals surface area contributed by atoms with E-state index in [2.05, 4.69) is 17.2 Å². The van der Waals surface area contributed by atoms with Gasteiger partial charge in [-0.25, -0.2) is 4.98 Å². The molecule has 3 aromatic rings. The van der Waals surface area contributed by atoms with Crippen molar-refractivity contribution in [2.75, 3.05) is 5.32 Å². The zero-order valence-corrected chi connectivity index (χ0v) is 16.5. The minimum absolute atomic E-state index is 0.0239. The summed E-state index contributed by atoms with van der Waals surface area (Å²) in [5.41, 5.74) is 4.02. The molecule has 2 aromatic heterocycles. The van der Waals surface area contributed by atoms with Crippen LogP contribution in [0.25, 0.3) is 10.2 Å². The number of amides is 1. The summed E-state index contributed by atoms with van der Waals surface area (Å²) < 4.78 is 1.43. The number of aryl methyl sites for hydroxylation is 4. The van der Waals surface area contributed by atoms with Crippen LogP contribution in [0.5, 0.6) is 0 Å². The molecule has 2 heterocycles. The van der Waals surface area contributed by atoms with Crippen molar-refractivity contribution in [2.45, 2.75) is 52.5 Å². The van der Waals surface area contributed by atoms with E-state index >= 15 is 0 Å². The first-order valence-electron chi connectivity index (χ1n) is 9.46. The van der Waals surface area contributed by atoms with Gasteiger partial charge in [-0.2, -0.15) is 0 Å². The molecule has 1 aliphatic carbocycles. The van der Waals surface area contributed by atoms with Crippen molar-refractivity contribution < 1.29 is 4.79 Å². The Morgan fingerprint density at radius 3 is 2.93 bits per heavy atom. The van der Waals surface area contributed by atoms with Gasteiger partial charge in [-0.3, -0.25) is 14.2 Å². The molecule has 0 spiro atoms. The maximum Gasteiger partial charge on any atom is 0.262 e. The number of carbonyl (C=O) groups is 1. The lowest BCUT2D eigenvalue weighted by Crippen LogP contribution is -2.28. The summed E-state index contributed by atoms with van der Waals surface area (Å²) in [6, 6.07) is 5.98. The summed E-state index contributed by atoms with van der Waals surface area (Å²) in [5, 5.41) is 3.70. The lowest BCUT2D eigenvalue weighted by atomic mass is 9.97. The van der Waals surface area contributed by atoms with Crippen molar-refractivity contribution in [3.05, 3.63) is 56.4 Å². The van der Waals surface area contributed by atoms with E-state index in [0.29, 0.717) is 0 Å². The van der Waals surface area contributed by atoms with Crippen LogP contribution in [0.1, 0.15) is 41.3 Å². The zero-order chi connectivity index (χ0) is 19.0. The summed E-state index contributed by atoms with van der Waals surface area (Å²) in [6.07, 6.45) is 6.60. The Labute approximate surface area is 162 Å². The average Bonchev–Trinajstić information content (AvgIpc) is 3.05. The van der Waals surface area contributed by atoms with Gasteiger partial charge >= 0.3 is 0 Å². The van der Waals surface area contributed by atoms with E-state index in [0.717, 1.165) is 58.3 Å². The molecule has 0 atom stereocenters. The van der Waals surface area contributed by atoms with E-state index in [9.17, 15) is 9.59 Å². The van der Waals surface area contributed by atoms with E-state index in [4.69, 9.17) is 0 Å². The van der Waals surface area contributed by atoms with Crippen LogP contribution in [-0.4, -0.2) is 15.5 Å². The van der Waals surface area contributed by atoms with Gasteiger partial charge < -0.3 is 5.32 Å². The largest absolute Gasteiger partial charge is 0.324 e. The van der Waals surface area contributed by atoms with Crippen molar-refractivity contribution in [3.63, 3.8) is 0 Å². The quantitative estimate of drug-likeness (QED) is 0.747. The summed E-state index contributed by atoms with van der Waals surface area (Å²) in [5.74, 6) is -0.202. The molecule has 1 amide bonds. The number of benzene rings is 1. The fourth-order valence-electron chi connectivity index (χ4n) is 3.83. The van der Waals surface area contributed by atoms with Crippen molar-refractivity contribution in [1.82, 2.24) is 9.55 Å². The number of thiophene rings is 1. The molecule has 0 saturated carbocycles. The highest BCUT2D eigenvalue weighted by Crippen LogP contribution is 2.33. The fourth-order valence-corrected chi connectivity index (χ4v) is 5.05. The highest BCUT2D eigenvalue weighted by molar-refractivity contribution is 7.18. The second-order valence-electron chi connectivity index (χ2n) is 7.08. The third kappa shape index (κ3) is 3.30. The topological polar surface area (TPSA) is 64.0 Å². The highest BCUT2D eigenvalue weighted by Gasteiger charge is 2.20. The molecule has 0 fully saturated rings. The highest BCUT2D eigenvalue weighted by atomic mass is 32.1. The van der Waals surface area contributed by atoms with Crippen LogP contribution < -0.4 is 10.9 Å². The van der Waals surface area contributed by atoms with Gasteiger partial charge in [0.15, 0.2) is 0 Å². The predicted octanol–water partition coefficient (Wildman–Crippen LogP) is 3.85. The summed E-state index contributed by atoms with van der Waals surface area (Å²) >= 11 is 1.63. The summed E-state index contributed by atoms with van der Waals surface area (Å²) in [4.78, 5) is 32.2. The van der Waals surface area contributed by atoms with Crippen LogP contribution in [0.15, 0.2) is 29.3 Å². The van der Waals surface area contributed by atoms with Crippen molar-refractivity contribution in [3.8, 4) is 0 Å². The smallest absolute Gasteiger partial charge is 0.262 e. The molecule has 1 N–H and O–H groups in total. The van der Waals surface area contributed by atoms with Gasteiger partial charge in [0.2, 0.25) is 5.91 Å². The number of rotatable bonds is 4. The fraction of sp³-hybridized carbons (Fsp3) is 0.381. The lowest BCUT2D eigenvalue weighted by Gasteiger charge is -2.14. The molecule has 0 aliphatic heterocycles. The molecule has 0 saturated heterocycles. The van der Waals surface area contributed by atoms with Gasteiger partial charge in [0.05, 0.1) is 11.7 Å². The van der Waals surface area contributed by atoms with Gasteiger partial charge in [0.1, 0.15) is 11.4 Å². The van der Waals surface area contributed by atoms with Crippen molar-refractivity contribution in [1.29, 1.82) is 0 Å². The number of carbonyl (C=O) groups excluding carboxylic acids is 1. The number of hydrogen-bond acceptors (Lipinski definition) is 4. The van der Waals surface area contributed by atoms with E-state index in [1.165, 1.54) is 22.2 Å². The van der Waals surface area contributed by atoms with Gasteiger partial charge in [-0.1, -0.05) is 25.1 Å². The maximum atomic E-state index is 13.0. The van der Waals surface area contributed by atoms with Gasteiger partial charge in [0, 0.05) is 10.6 Å². The van der Waals surface area contributed by atoms with Crippen molar-refractivity contribution in [2.24, 2.45) is 0 Å². The van der Waals surface area contributed by atoms with Crippen LogP contribution in [0.4, 0.5) is 5.69 Å². The standard InChI is InChI=1S/C21H23N3O2S/c1-3-14-8-6-7-13(2)19(14)23-17(25)11-24-12-22-20-18(21(24)26)15-9-4-5-10-16(15)27-20/h6-8,12H,3-5,9-11H2,1-2H3,(H,23,25). The SMILES string of the molecule is CCc1cccc(C)c1NC(=O)Cn1cnc2sc3c(c2c1=O)CCCC3. The molecule has 0 radical (unpaired) electrons. The molecule has 6 heteroatoms. The summed E-state index contributed by atoms with van der Waals surface area (Å²) in [7, 11) is 0. The molecule has 140 valence electrons. The molecule has 0 unspecified atom stereocenters. The van der Waals surface area contributed by atoms with Crippen molar-refractivity contribution >= 4 is 33.1 Å². The molecule has 1 aliphatic rings. The van der Waals surface area contributed by atoms with Crippen LogP contribution >= 0.6 is 11.3 Å². The van der Waals surface area contributed by atoms with Crippen LogP contribution in [0.2, 0.25) is 0 Å². The van der Waals surface area contributed by atoms with E-state index in [-0.39, 0.29) is 18.0 Å². The number of para-hydroxylation sites is 1. The third-order valence-electron chi connectivity index (χ3n) is 5.26. The summed E-state index contributed by atoms with van der Waals surface area (Å²) in [6.45, 7) is 4.02. The first-order valence-corrected chi connectivity index (χ1v) is 10.3. The lowest BCUT2D eigenvalue weighted by molar-refractivity contribution is -0.116. The second kappa shape index (κ2) is 7.27. The minimum Gasteiger partial charge on any atom is -0.324 e. The normalized spacial score (nSPS) is 13.6. The number of nitrogens with one attached hydrogen (secondary N) is 1. The first-order chi connectivity index (χ1) is 13.1.